The van der Waals surface area contributed by atoms with E-state index in [0.29, 0.717) is 22.3 Å². The fraction of sp³-hybridized carbons (Fsp3) is 0.435. The monoisotopic (exact) mass is 450 g/mol. The van der Waals surface area contributed by atoms with Crippen LogP contribution < -0.4 is 20.4 Å². The van der Waals surface area contributed by atoms with Crippen LogP contribution in [0.1, 0.15) is 38.5 Å². The Labute approximate surface area is 188 Å². The number of hydroxylamine groups is 1. The molecule has 2 aromatic rings. The van der Waals surface area contributed by atoms with Gasteiger partial charge in [0.05, 0.1) is 0 Å². The summed E-state index contributed by atoms with van der Waals surface area (Å²) < 4.78 is 5.53. The molecule has 0 saturated heterocycles. The zero-order valence-electron chi connectivity index (χ0n) is 17.0. The van der Waals surface area contributed by atoms with Gasteiger partial charge in [0.15, 0.2) is 6.61 Å². The normalized spacial score (nSPS) is 15.0. The fourth-order valence-corrected chi connectivity index (χ4v) is 4.08. The van der Waals surface area contributed by atoms with Gasteiger partial charge in [-0.3, -0.25) is 4.79 Å². The number of rotatable bonds is 11. The molecule has 2 aromatic carbocycles. The van der Waals surface area contributed by atoms with E-state index in [-0.39, 0.29) is 17.9 Å². The van der Waals surface area contributed by atoms with Gasteiger partial charge in [-0.2, -0.15) is 5.48 Å². The van der Waals surface area contributed by atoms with E-state index in [1.807, 2.05) is 12.1 Å². The maximum atomic E-state index is 12.2. The molecule has 30 heavy (non-hydrogen) atoms. The molecule has 0 heterocycles. The highest BCUT2D eigenvalue weighted by Gasteiger charge is 2.33. The van der Waals surface area contributed by atoms with Crippen LogP contribution in [0.5, 0.6) is 11.5 Å². The van der Waals surface area contributed by atoms with Gasteiger partial charge in [0.1, 0.15) is 11.5 Å². The van der Waals surface area contributed by atoms with Crippen molar-refractivity contribution in [3.63, 3.8) is 0 Å². The van der Waals surface area contributed by atoms with Crippen molar-refractivity contribution in [2.24, 2.45) is 5.41 Å². The summed E-state index contributed by atoms with van der Waals surface area (Å²) in [6.07, 6.45) is 6.73. The van der Waals surface area contributed by atoms with Crippen molar-refractivity contribution in [2.75, 3.05) is 19.7 Å². The molecule has 0 bridgehead atoms. The van der Waals surface area contributed by atoms with Crippen LogP contribution in [0.3, 0.4) is 0 Å². The van der Waals surface area contributed by atoms with Crippen LogP contribution in [0, 0.1) is 5.41 Å². The summed E-state index contributed by atoms with van der Waals surface area (Å²) >= 11 is 11.7. The number of carbonyl (C=O) groups excluding carboxylic acids is 1. The predicted molar refractivity (Wildman–Crippen MR) is 120 cm³/mol. The average molecular weight is 451 g/mol. The highest BCUT2D eigenvalue weighted by Crippen LogP contribution is 2.41. The summed E-state index contributed by atoms with van der Waals surface area (Å²) in [5.41, 5.74) is 3.17. The fourth-order valence-electron chi connectivity index (χ4n) is 3.83. The molecule has 0 atom stereocenters. The lowest BCUT2D eigenvalue weighted by Crippen LogP contribution is -2.38. The van der Waals surface area contributed by atoms with Crippen LogP contribution in [-0.2, 0) is 4.79 Å². The van der Waals surface area contributed by atoms with Gasteiger partial charge in [-0.25, -0.2) is 0 Å². The van der Waals surface area contributed by atoms with Gasteiger partial charge in [-0.15, -0.1) is 0 Å². The van der Waals surface area contributed by atoms with Crippen molar-refractivity contribution >= 4 is 29.1 Å². The molecule has 162 valence electrons. The van der Waals surface area contributed by atoms with Gasteiger partial charge in [-0.1, -0.05) is 36.0 Å². The Balaban J connectivity index is 1.35. The zero-order valence-corrected chi connectivity index (χ0v) is 18.5. The van der Waals surface area contributed by atoms with E-state index in [4.69, 9.17) is 32.8 Å². The number of carbonyl (C=O) groups is 1. The van der Waals surface area contributed by atoms with Gasteiger partial charge >= 0.3 is 0 Å². The molecule has 0 radical (unpaired) electrons. The number of hydrogen-bond acceptors (Lipinski definition) is 4. The number of halogens is 2. The van der Waals surface area contributed by atoms with Crippen LogP contribution >= 0.6 is 23.2 Å². The van der Waals surface area contributed by atoms with E-state index in [2.05, 4.69) is 10.8 Å². The van der Waals surface area contributed by atoms with Crippen LogP contribution in [0.4, 0.5) is 0 Å². The average Bonchev–Trinajstić information content (AvgIpc) is 3.22. The van der Waals surface area contributed by atoms with Crippen molar-refractivity contribution in [3.05, 3.63) is 58.6 Å². The van der Waals surface area contributed by atoms with E-state index < -0.39 is 0 Å². The van der Waals surface area contributed by atoms with E-state index in [0.717, 1.165) is 38.0 Å². The largest absolute Gasteiger partial charge is 0.484 e. The number of benzene rings is 2. The topological polar surface area (TPSA) is 59.6 Å². The first-order valence-corrected chi connectivity index (χ1v) is 11.1. The lowest BCUT2D eigenvalue weighted by atomic mass is 9.81. The van der Waals surface area contributed by atoms with Crippen LogP contribution in [0.25, 0.3) is 0 Å². The molecule has 1 aliphatic carbocycles. The molecule has 0 aromatic heterocycles. The Morgan fingerprint density at radius 3 is 2.17 bits per heavy atom. The number of ether oxygens (including phenoxy) is 1. The summed E-state index contributed by atoms with van der Waals surface area (Å²) in [5.74, 6) is 1.28. The summed E-state index contributed by atoms with van der Waals surface area (Å²) in [7, 11) is 0. The van der Waals surface area contributed by atoms with Crippen molar-refractivity contribution < 1.29 is 14.4 Å². The third-order valence-electron chi connectivity index (χ3n) is 5.50. The van der Waals surface area contributed by atoms with Crippen molar-refractivity contribution in [1.82, 2.24) is 10.8 Å². The third-order valence-corrected chi connectivity index (χ3v) is 6.00. The molecule has 0 spiro atoms. The first kappa shape index (κ1) is 22.7. The highest BCUT2D eigenvalue weighted by molar-refractivity contribution is 6.30. The molecular weight excluding hydrogens is 423 g/mol. The van der Waals surface area contributed by atoms with Gasteiger partial charge in [0.2, 0.25) is 0 Å². The minimum absolute atomic E-state index is 0.00814. The van der Waals surface area contributed by atoms with E-state index in [9.17, 15) is 4.79 Å². The maximum absolute atomic E-state index is 12.2. The molecule has 0 aliphatic heterocycles. The zero-order chi connectivity index (χ0) is 21.2. The molecule has 3 rings (SSSR count). The molecule has 2 N–H and O–H groups in total. The summed E-state index contributed by atoms with van der Waals surface area (Å²) in [6, 6.07) is 14.3. The van der Waals surface area contributed by atoms with Gasteiger partial charge in [0.25, 0.3) is 5.91 Å². The van der Waals surface area contributed by atoms with Gasteiger partial charge < -0.3 is 14.9 Å². The van der Waals surface area contributed by atoms with Gasteiger partial charge in [-0.05, 0) is 79.6 Å². The minimum atomic E-state index is -0.0968. The third kappa shape index (κ3) is 7.38. The highest BCUT2D eigenvalue weighted by atomic mass is 35.5. The number of hydrogen-bond donors (Lipinski definition) is 2. The Morgan fingerprint density at radius 2 is 1.53 bits per heavy atom. The van der Waals surface area contributed by atoms with Crippen LogP contribution in [0.15, 0.2) is 48.5 Å². The van der Waals surface area contributed by atoms with E-state index in [1.54, 1.807) is 36.4 Å². The molecule has 5 nitrogen and oxygen atoms in total. The predicted octanol–water partition coefficient (Wildman–Crippen LogP) is 5.41. The lowest BCUT2D eigenvalue weighted by molar-refractivity contribution is -0.123. The summed E-state index contributed by atoms with van der Waals surface area (Å²) in [6.45, 7) is 1.44. The molecule has 1 saturated carbocycles. The Hall–Kier alpha value is -1.95. The van der Waals surface area contributed by atoms with Crippen molar-refractivity contribution in [3.8, 4) is 11.5 Å². The second kappa shape index (κ2) is 11.4. The Morgan fingerprint density at radius 1 is 0.933 bits per heavy atom. The Kier molecular flexibility index (Phi) is 8.67. The first-order chi connectivity index (χ1) is 14.5. The lowest BCUT2D eigenvalue weighted by Gasteiger charge is -2.29. The van der Waals surface area contributed by atoms with Gasteiger partial charge in [0, 0.05) is 23.1 Å². The molecule has 0 unspecified atom stereocenters. The smallest absolute Gasteiger partial charge is 0.257 e. The second-order valence-corrected chi connectivity index (χ2v) is 8.65. The quantitative estimate of drug-likeness (QED) is 0.354. The summed E-state index contributed by atoms with van der Waals surface area (Å²) in [4.78, 5) is 17.8. The summed E-state index contributed by atoms with van der Waals surface area (Å²) in [5, 5.41) is 4.39. The molecule has 1 aliphatic rings. The molecular formula is C23H28Cl2N2O3. The standard InChI is InChI=1S/C23H28Cl2N2O3/c24-18-4-8-20(9-5-18)29-16-22(28)26-17-23(12-1-2-13-23)14-3-15-27-30-21-10-6-19(25)7-11-21/h4-11,27H,1-3,12-17H2,(H,26,28). The number of amides is 1. The Bertz CT molecular complexity index is 791. The maximum Gasteiger partial charge on any atom is 0.257 e. The second-order valence-electron chi connectivity index (χ2n) is 7.78. The van der Waals surface area contributed by atoms with Crippen molar-refractivity contribution in [2.45, 2.75) is 38.5 Å². The number of nitrogens with one attached hydrogen (secondary N) is 2. The van der Waals surface area contributed by atoms with Crippen LogP contribution in [-0.4, -0.2) is 25.6 Å². The first-order valence-electron chi connectivity index (χ1n) is 10.4. The SMILES string of the molecule is O=C(COc1ccc(Cl)cc1)NCC1(CCCNOc2ccc(Cl)cc2)CCCC1. The molecule has 7 heteroatoms. The minimum Gasteiger partial charge on any atom is -0.484 e. The van der Waals surface area contributed by atoms with E-state index >= 15 is 0 Å². The molecule has 1 fully saturated rings. The van der Waals surface area contributed by atoms with E-state index in [1.165, 1.54) is 12.8 Å². The molecule has 1 amide bonds. The van der Waals surface area contributed by atoms with Crippen molar-refractivity contribution in [1.29, 1.82) is 0 Å². The van der Waals surface area contributed by atoms with Crippen LogP contribution in [0.2, 0.25) is 10.0 Å².